The number of hydrogen-bond acceptors (Lipinski definition) is 5. The average molecular weight is 458 g/mol. The number of allylic oxidation sites excluding steroid dienone is 5. The van der Waals surface area contributed by atoms with Gasteiger partial charge in [-0.05, 0) is 70.0 Å². The SMILES string of the molecule is COc1cc2nccc(OC(/C=C\C(C)=C(C)C)=C(/C)c3cccc(C(C)=O)c3)c2cc1OC. The fourth-order valence-electron chi connectivity index (χ4n) is 3.37. The highest BCUT2D eigenvalue weighted by Crippen LogP contribution is 2.36. The Hall–Kier alpha value is -3.86. The van der Waals surface area contributed by atoms with Crippen LogP contribution in [0, 0.1) is 0 Å². The Morgan fingerprint density at radius 1 is 0.824 bits per heavy atom. The molecule has 0 radical (unpaired) electrons. The minimum Gasteiger partial charge on any atom is -0.493 e. The zero-order valence-electron chi connectivity index (χ0n) is 20.9. The molecule has 0 aliphatic heterocycles. The standard InChI is InChI=1S/C29H31NO4/c1-18(2)19(3)11-12-26(20(4)22-9-8-10-23(15-22)21(5)31)34-27-13-14-30-25-17-29(33-7)28(32-6)16-24(25)27/h8-17H,1-7H3/b12-11-,26-20-. The molecule has 0 bridgehead atoms. The first-order valence-corrected chi connectivity index (χ1v) is 11.1. The number of methoxy groups -OCH3 is 2. The summed E-state index contributed by atoms with van der Waals surface area (Å²) in [5.41, 5.74) is 5.59. The molecular formula is C29H31NO4. The topological polar surface area (TPSA) is 57.7 Å². The number of fused-ring (bicyclic) bond motifs is 1. The number of aromatic nitrogens is 1. The Bertz CT molecular complexity index is 1310. The van der Waals surface area contributed by atoms with Gasteiger partial charge in [-0.2, -0.15) is 0 Å². The summed E-state index contributed by atoms with van der Waals surface area (Å²) in [5, 5.41) is 0.801. The maximum atomic E-state index is 11.9. The van der Waals surface area contributed by atoms with Crippen LogP contribution in [-0.2, 0) is 0 Å². The largest absolute Gasteiger partial charge is 0.493 e. The molecule has 5 nitrogen and oxygen atoms in total. The van der Waals surface area contributed by atoms with E-state index >= 15 is 0 Å². The number of Topliss-reactive ketones (excluding diaryl/α,β-unsaturated/α-hetero) is 1. The minimum absolute atomic E-state index is 0.0224. The molecule has 1 aromatic heterocycles. The molecule has 0 unspecified atom stereocenters. The Balaban J connectivity index is 2.18. The van der Waals surface area contributed by atoms with Crippen LogP contribution in [0.25, 0.3) is 16.5 Å². The van der Waals surface area contributed by atoms with E-state index in [0.29, 0.717) is 28.6 Å². The van der Waals surface area contributed by atoms with Crippen molar-refractivity contribution in [1.82, 2.24) is 4.98 Å². The van der Waals surface area contributed by atoms with Crippen LogP contribution >= 0.6 is 0 Å². The molecule has 34 heavy (non-hydrogen) atoms. The van der Waals surface area contributed by atoms with Crippen molar-refractivity contribution in [2.24, 2.45) is 0 Å². The van der Waals surface area contributed by atoms with Gasteiger partial charge in [0.2, 0.25) is 0 Å². The fraction of sp³-hybridized carbons (Fsp3) is 0.241. The summed E-state index contributed by atoms with van der Waals surface area (Å²) in [6.07, 6.45) is 5.71. The van der Waals surface area contributed by atoms with Crippen molar-refractivity contribution in [3.05, 3.63) is 88.8 Å². The third kappa shape index (κ3) is 5.54. The summed E-state index contributed by atoms with van der Waals surface area (Å²) < 4.78 is 17.4. The number of rotatable bonds is 8. The second-order valence-electron chi connectivity index (χ2n) is 8.28. The molecule has 5 heteroatoms. The van der Waals surface area contributed by atoms with Gasteiger partial charge in [-0.25, -0.2) is 0 Å². The quantitative estimate of drug-likeness (QED) is 0.204. The second-order valence-corrected chi connectivity index (χ2v) is 8.28. The number of nitrogens with zero attached hydrogens (tertiary/aromatic N) is 1. The van der Waals surface area contributed by atoms with Crippen molar-refractivity contribution in [2.45, 2.75) is 34.6 Å². The summed E-state index contributed by atoms with van der Waals surface area (Å²) in [6, 6.07) is 13.1. The van der Waals surface area contributed by atoms with Gasteiger partial charge < -0.3 is 14.2 Å². The predicted molar refractivity (Wildman–Crippen MR) is 138 cm³/mol. The molecule has 176 valence electrons. The van der Waals surface area contributed by atoms with E-state index in [2.05, 4.69) is 25.8 Å². The van der Waals surface area contributed by atoms with Crippen LogP contribution < -0.4 is 14.2 Å². The molecule has 0 N–H and O–H groups in total. The maximum absolute atomic E-state index is 11.9. The number of ketones is 1. The van der Waals surface area contributed by atoms with Gasteiger partial charge in [0.25, 0.3) is 0 Å². The molecule has 0 fully saturated rings. The molecule has 0 aliphatic rings. The first-order valence-electron chi connectivity index (χ1n) is 11.1. The molecule has 0 saturated carbocycles. The highest BCUT2D eigenvalue weighted by atomic mass is 16.5. The van der Waals surface area contributed by atoms with Gasteiger partial charge in [0.05, 0.1) is 19.7 Å². The molecule has 0 spiro atoms. The Labute approximate surface area is 201 Å². The van der Waals surface area contributed by atoms with Crippen LogP contribution in [-0.4, -0.2) is 25.0 Å². The predicted octanol–water partition coefficient (Wildman–Crippen LogP) is 7.18. The summed E-state index contributed by atoms with van der Waals surface area (Å²) >= 11 is 0. The van der Waals surface area contributed by atoms with E-state index in [4.69, 9.17) is 14.2 Å². The van der Waals surface area contributed by atoms with Crippen molar-refractivity contribution in [1.29, 1.82) is 0 Å². The lowest BCUT2D eigenvalue weighted by atomic mass is 10.0. The molecule has 0 aliphatic carbocycles. The molecular weight excluding hydrogens is 426 g/mol. The van der Waals surface area contributed by atoms with Crippen LogP contribution in [0.5, 0.6) is 17.2 Å². The second kappa shape index (κ2) is 10.8. The summed E-state index contributed by atoms with van der Waals surface area (Å²) in [7, 11) is 3.20. The smallest absolute Gasteiger partial charge is 0.162 e. The van der Waals surface area contributed by atoms with Crippen LogP contribution in [0.1, 0.15) is 50.5 Å². The molecule has 1 heterocycles. The van der Waals surface area contributed by atoms with Crippen molar-refractivity contribution in [3.63, 3.8) is 0 Å². The van der Waals surface area contributed by atoms with Gasteiger partial charge in [0.15, 0.2) is 17.3 Å². The van der Waals surface area contributed by atoms with Crippen LogP contribution in [0.15, 0.2) is 77.7 Å². The minimum atomic E-state index is 0.0224. The fourth-order valence-corrected chi connectivity index (χ4v) is 3.37. The molecule has 0 atom stereocenters. The molecule has 0 saturated heterocycles. The van der Waals surface area contributed by atoms with Crippen molar-refractivity contribution in [2.75, 3.05) is 14.2 Å². The van der Waals surface area contributed by atoms with Gasteiger partial charge in [-0.15, -0.1) is 0 Å². The van der Waals surface area contributed by atoms with E-state index in [1.54, 1.807) is 27.3 Å². The Morgan fingerprint density at radius 2 is 1.50 bits per heavy atom. The van der Waals surface area contributed by atoms with Gasteiger partial charge in [0.1, 0.15) is 11.5 Å². The van der Waals surface area contributed by atoms with Gasteiger partial charge >= 0.3 is 0 Å². The van der Waals surface area contributed by atoms with Crippen LogP contribution in [0.4, 0.5) is 0 Å². The number of hydrogen-bond donors (Lipinski definition) is 0. The van der Waals surface area contributed by atoms with Crippen molar-refractivity contribution in [3.8, 4) is 17.2 Å². The lowest BCUT2D eigenvalue weighted by molar-refractivity contribution is 0.101. The van der Waals surface area contributed by atoms with Crippen LogP contribution in [0.2, 0.25) is 0 Å². The number of carbonyl (C=O) groups excluding carboxylic acids is 1. The lowest BCUT2D eigenvalue weighted by Gasteiger charge is -2.15. The number of benzene rings is 2. The van der Waals surface area contributed by atoms with Gasteiger partial charge in [0, 0.05) is 23.2 Å². The normalized spacial score (nSPS) is 11.9. The monoisotopic (exact) mass is 457 g/mol. The maximum Gasteiger partial charge on any atom is 0.162 e. The van der Waals surface area contributed by atoms with E-state index < -0.39 is 0 Å². The van der Waals surface area contributed by atoms with Crippen molar-refractivity contribution >= 4 is 22.3 Å². The zero-order chi connectivity index (χ0) is 24.8. The van der Waals surface area contributed by atoms with Gasteiger partial charge in [-0.1, -0.05) is 35.4 Å². The lowest BCUT2D eigenvalue weighted by Crippen LogP contribution is -2.00. The van der Waals surface area contributed by atoms with E-state index in [9.17, 15) is 4.79 Å². The van der Waals surface area contributed by atoms with Gasteiger partial charge in [-0.3, -0.25) is 9.78 Å². The molecule has 2 aromatic carbocycles. The van der Waals surface area contributed by atoms with Crippen LogP contribution in [0.3, 0.4) is 0 Å². The summed E-state index contributed by atoms with van der Waals surface area (Å²) in [6.45, 7) is 9.77. The number of ether oxygens (including phenoxy) is 3. The third-order valence-corrected chi connectivity index (χ3v) is 5.77. The Morgan fingerprint density at radius 3 is 2.15 bits per heavy atom. The zero-order valence-corrected chi connectivity index (χ0v) is 20.9. The number of carbonyl (C=O) groups is 1. The third-order valence-electron chi connectivity index (χ3n) is 5.77. The summed E-state index contributed by atoms with van der Waals surface area (Å²) in [4.78, 5) is 16.4. The van der Waals surface area contributed by atoms with E-state index in [0.717, 1.165) is 27.6 Å². The molecule has 3 aromatic rings. The van der Waals surface area contributed by atoms with E-state index in [1.807, 2.05) is 61.5 Å². The van der Waals surface area contributed by atoms with E-state index in [1.165, 1.54) is 5.57 Å². The highest BCUT2D eigenvalue weighted by Gasteiger charge is 2.14. The first kappa shape index (κ1) is 24.8. The highest BCUT2D eigenvalue weighted by molar-refractivity contribution is 5.95. The first-order chi connectivity index (χ1) is 16.2. The molecule has 3 rings (SSSR count). The van der Waals surface area contributed by atoms with E-state index in [-0.39, 0.29) is 5.78 Å². The number of pyridine rings is 1. The molecule has 0 amide bonds. The summed E-state index contributed by atoms with van der Waals surface area (Å²) in [5.74, 6) is 2.53. The Kier molecular flexibility index (Phi) is 7.90. The average Bonchev–Trinajstić information content (AvgIpc) is 2.84. The van der Waals surface area contributed by atoms with Crippen molar-refractivity contribution < 1.29 is 19.0 Å².